The van der Waals surface area contributed by atoms with Crippen LogP contribution in [-0.2, 0) is 0 Å². The maximum Gasteiger partial charge on any atom is 0.0147 e. The number of hydrogen-bond donors (Lipinski definition) is 1. The molecule has 3 heteroatoms. The van der Waals surface area contributed by atoms with Crippen molar-refractivity contribution in [1.29, 1.82) is 0 Å². The van der Waals surface area contributed by atoms with Crippen molar-refractivity contribution in [3.8, 4) is 0 Å². The number of hydrogen-bond acceptors (Lipinski definition) is 2. The lowest BCUT2D eigenvalue weighted by atomic mass is 10.5. The molecule has 0 aromatic rings. The molecule has 0 amide bonds. The van der Waals surface area contributed by atoms with Crippen molar-refractivity contribution in [3.63, 3.8) is 0 Å². The molecule has 1 N–H and O–H groups in total. The van der Waals surface area contributed by atoms with Crippen LogP contribution in [0.15, 0.2) is 11.6 Å². The largest absolute Gasteiger partial charge is 0.312 e. The van der Waals surface area contributed by atoms with Crippen molar-refractivity contribution in [3.05, 3.63) is 11.6 Å². The Balaban J connectivity index is 2.91. The molecule has 0 aliphatic carbocycles. The van der Waals surface area contributed by atoms with E-state index in [2.05, 4.69) is 24.3 Å². The van der Waals surface area contributed by atoms with Crippen molar-refractivity contribution in [2.75, 3.05) is 33.7 Å². The van der Waals surface area contributed by atoms with Gasteiger partial charge in [0.05, 0.1) is 0 Å². The summed E-state index contributed by atoms with van der Waals surface area (Å²) in [6, 6.07) is 0. The van der Waals surface area contributed by atoms with E-state index in [1.54, 1.807) is 0 Å². The summed E-state index contributed by atoms with van der Waals surface area (Å²) >= 11 is 5.31. The molecule has 2 nitrogen and oxygen atoms in total. The Hall–Kier alpha value is -0.0500. The fourth-order valence-electron chi connectivity index (χ4n) is 0.533. The van der Waals surface area contributed by atoms with E-state index in [1.165, 1.54) is 5.54 Å². The summed E-state index contributed by atoms with van der Waals surface area (Å²) in [6.45, 7) is 2.93. The standard InChI is InChI=1S/C7H15ClN2/c1-10(2)7-6-9-5-3-4-8/h3-4,9H,5-7H2,1-2H3/b4-3+. The van der Waals surface area contributed by atoms with Crippen molar-refractivity contribution in [1.82, 2.24) is 10.2 Å². The first-order valence-corrected chi connectivity index (χ1v) is 3.81. The molecule has 10 heavy (non-hydrogen) atoms. The van der Waals surface area contributed by atoms with E-state index in [9.17, 15) is 0 Å². The van der Waals surface area contributed by atoms with Gasteiger partial charge in [0.1, 0.15) is 0 Å². The van der Waals surface area contributed by atoms with Crippen LogP contribution in [-0.4, -0.2) is 38.6 Å². The Morgan fingerprint density at radius 1 is 1.50 bits per heavy atom. The highest BCUT2D eigenvalue weighted by atomic mass is 35.5. The predicted octanol–water partition coefficient (Wildman–Crippen LogP) is 0.890. The van der Waals surface area contributed by atoms with Gasteiger partial charge < -0.3 is 10.2 Å². The SMILES string of the molecule is CN(C)CCNC/C=C/Cl. The van der Waals surface area contributed by atoms with Gasteiger partial charge in [0.2, 0.25) is 0 Å². The van der Waals surface area contributed by atoms with Gasteiger partial charge in [0, 0.05) is 25.2 Å². The summed E-state index contributed by atoms with van der Waals surface area (Å²) in [5, 5.41) is 3.20. The number of rotatable bonds is 5. The van der Waals surface area contributed by atoms with E-state index in [0.29, 0.717) is 0 Å². The number of nitrogens with one attached hydrogen (secondary N) is 1. The Morgan fingerprint density at radius 2 is 2.20 bits per heavy atom. The normalized spacial score (nSPS) is 11.6. The molecule has 0 unspecified atom stereocenters. The summed E-state index contributed by atoms with van der Waals surface area (Å²) < 4.78 is 0. The number of likely N-dealkylation sites (N-methyl/N-ethyl adjacent to an activating group) is 1. The lowest BCUT2D eigenvalue weighted by Gasteiger charge is -2.08. The molecule has 0 aromatic carbocycles. The average molecular weight is 163 g/mol. The van der Waals surface area contributed by atoms with Crippen LogP contribution in [0.5, 0.6) is 0 Å². The van der Waals surface area contributed by atoms with E-state index >= 15 is 0 Å². The third kappa shape index (κ3) is 7.95. The first kappa shape index (κ1) is 9.95. The van der Waals surface area contributed by atoms with Crippen molar-refractivity contribution < 1.29 is 0 Å². The molecule has 0 rings (SSSR count). The van der Waals surface area contributed by atoms with Crippen LogP contribution in [0, 0.1) is 0 Å². The summed E-state index contributed by atoms with van der Waals surface area (Å²) in [6.07, 6.45) is 1.89. The van der Waals surface area contributed by atoms with Gasteiger partial charge in [-0.2, -0.15) is 0 Å². The molecule has 0 aliphatic heterocycles. The quantitative estimate of drug-likeness (QED) is 0.605. The van der Waals surface area contributed by atoms with Gasteiger partial charge in [-0.15, -0.1) is 0 Å². The molecule has 0 aliphatic rings. The van der Waals surface area contributed by atoms with Crippen LogP contribution in [0.25, 0.3) is 0 Å². The summed E-state index contributed by atoms with van der Waals surface area (Å²) in [4.78, 5) is 2.14. The zero-order valence-electron chi connectivity index (χ0n) is 6.60. The van der Waals surface area contributed by atoms with Crippen molar-refractivity contribution in [2.45, 2.75) is 0 Å². The molecule has 0 spiro atoms. The molecule has 0 radical (unpaired) electrons. The van der Waals surface area contributed by atoms with Crippen molar-refractivity contribution >= 4 is 11.6 Å². The van der Waals surface area contributed by atoms with Crippen LogP contribution < -0.4 is 5.32 Å². The molecule has 0 heterocycles. The highest BCUT2D eigenvalue weighted by molar-refractivity contribution is 6.25. The van der Waals surface area contributed by atoms with Crippen LogP contribution in [0.4, 0.5) is 0 Å². The molecule has 60 valence electrons. The maximum absolute atomic E-state index is 5.31. The Kier molecular flexibility index (Phi) is 7.03. The van der Waals surface area contributed by atoms with E-state index in [-0.39, 0.29) is 0 Å². The third-order valence-electron chi connectivity index (χ3n) is 1.09. The molecular weight excluding hydrogens is 148 g/mol. The lowest BCUT2D eigenvalue weighted by Crippen LogP contribution is -2.26. The third-order valence-corrected chi connectivity index (χ3v) is 1.27. The van der Waals surface area contributed by atoms with E-state index < -0.39 is 0 Å². The topological polar surface area (TPSA) is 15.3 Å². The maximum atomic E-state index is 5.31. The average Bonchev–Trinajstić information content (AvgIpc) is 1.87. The van der Waals surface area contributed by atoms with Crippen LogP contribution in [0.3, 0.4) is 0 Å². The van der Waals surface area contributed by atoms with Crippen molar-refractivity contribution in [2.24, 2.45) is 0 Å². The van der Waals surface area contributed by atoms with Gasteiger partial charge in [-0.3, -0.25) is 0 Å². The Labute approximate surface area is 67.9 Å². The highest BCUT2D eigenvalue weighted by Crippen LogP contribution is 1.75. The van der Waals surface area contributed by atoms with Crippen LogP contribution >= 0.6 is 11.6 Å². The zero-order valence-corrected chi connectivity index (χ0v) is 7.36. The van der Waals surface area contributed by atoms with Gasteiger partial charge >= 0.3 is 0 Å². The Morgan fingerprint density at radius 3 is 2.70 bits per heavy atom. The molecule has 0 bridgehead atoms. The van der Waals surface area contributed by atoms with Crippen LogP contribution in [0.2, 0.25) is 0 Å². The summed E-state index contributed by atoms with van der Waals surface area (Å²) in [7, 11) is 4.11. The fourth-order valence-corrected chi connectivity index (χ4v) is 0.622. The van der Waals surface area contributed by atoms with E-state index in [4.69, 9.17) is 11.6 Å². The fraction of sp³-hybridized carbons (Fsp3) is 0.714. The van der Waals surface area contributed by atoms with Gasteiger partial charge in [-0.1, -0.05) is 17.7 Å². The van der Waals surface area contributed by atoms with Crippen LogP contribution in [0.1, 0.15) is 0 Å². The van der Waals surface area contributed by atoms with Gasteiger partial charge in [-0.25, -0.2) is 0 Å². The molecule has 0 saturated heterocycles. The molecule has 0 fully saturated rings. The van der Waals surface area contributed by atoms with Gasteiger partial charge in [0.15, 0.2) is 0 Å². The smallest absolute Gasteiger partial charge is 0.0147 e. The van der Waals surface area contributed by atoms with E-state index in [0.717, 1.165) is 19.6 Å². The van der Waals surface area contributed by atoms with Gasteiger partial charge in [-0.05, 0) is 14.1 Å². The first-order valence-electron chi connectivity index (χ1n) is 3.38. The monoisotopic (exact) mass is 162 g/mol. The summed E-state index contributed by atoms with van der Waals surface area (Å²) in [5.41, 5.74) is 1.53. The zero-order chi connectivity index (χ0) is 7.82. The molecule has 0 atom stereocenters. The second-order valence-electron chi connectivity index (χ2n) is 2.37. The van der Waals surface area contributed by atoms with E-state index in [1.807, 2.05) is 6.08 Å². The predicted molar refractivity (Wildman–Crippen MR) is 46.4 cm³/mol. The minimum Gasteiger partial charge on any atom is -0.312 e. The molecular formula is C7H15ClN2. The number of nitrogens with zero attached hydrogens (tertiary/aromatic N) is 1. The minimum atomic E-state index is 0.858. The second kappa shape index (κ2) is 7.06. The highest BCUT2D eigenvalue weighted by Gasteiger charge is 1.86. The second-order valence-corrected chi connectivity index (χ2v) is 2.62. The lowest BCUT2D eigenvalue weighted by molar-refractivity contribution is 0.404. The number of halogens is 1. The minimum absolute atomic E-state index is 0.858. The van der Waals surface area contributed by atoms with Gasteiger partial charge in [0.25, 0.3) is 0 Å². The Bertz CT molecular complexity index is 91.6. The molecule has 0 saturated carbocycles. The summed E-state index contributed by atoms with van der Waals surface area (Å²) in [5.74, 6) is 0. The first-order chi connectivity index (χ1) is 4.77. The molecule has 0 aromatic heterocycles.